The number of hydrogen-bond donors (Lipinski definition) is 1. The first-order valence-electron chi connectivity index (χ1n) is 4.24. The molecule has 12 heavy (non-hydrogen) atoms. The summed E-state index contributed by atoms with van der Waals surface area (Å²) in [5.74, 6) is 0.656. The van der Waals surface area contributed by atoms with Gasteiger partial charge < -0.3 is 10.1 Å². The van der Waals surface area contributed by atoms with E-state index in [4.69, 9.17) is 17.0 Å². The van der Waals surface area contributed by atoms with Crippen molar-refractivity contribution in [3.05, 3.63) is 0 Å². The molecule has 70 valence electrons. The summed E-state index contributed by atoms with van der Waals surface area (Å²) in [5, 5.41) is 3.35. The number of hydrogen-bond acceptors (Lipinski definition) is 4. The first-order valence-corrected chi connectivity index (χ1v) is 5.87. The van der Waals surface area contributed by atoms with E-state index in [-0.39, 0.29) is 0 Å². The zero-order valence-corrected chi connectivity index (χ0v) is 8.97. The van der Waals surface area contributed by atoms with Crippen LogP contribution in [0.3, 0.4) is 0 Å². The number of nitrogens with one attached hydrogen (secondary N) is 1. The van der Waals surface area contributed by atoms with Gasteiger partial charge in [0.1, 0.15) is 0 Å². The van der Waals surface area contributed by atoms with E-state index in [2.05, 4.69) is 5.32 Å². The molecule has 0 bridgehead atoms. The zero-order chi connectivity index (χ0) is 8.81. The number of ether oxygens (including phenoxy) is 1. The summed E-state index contributed by atoms with van der Waals surface area (Å²) < 4.78 is 6.05. The number of rotatable bonds is 2. The highest BCUT2D eigenvalue weighted by molar-refractivity contribution is 8.22. The molecule has 1 aliphatic heterocycles. The maximum absolute atomic E-state index is 5.39. The first kappa shape index (κ1) is 10.3. The maximum atomic E-state index is 5.39. The molecule has 1 fully saturated rings. The fourth-order valence-electron chi connectivity index (χ4n) is 1.31. The smallest absolute Gasteiger partial charge is 0.219 e. The van der Waals surface area contributed by atoms with Crippen LogP contribution in [0.5, 0.6) is 0 Å². The Bertz CT molecular complexity index is 146. The predicted octanol–water partition coefficient (Wildman–Crippen LogP) is 1.65. The summed E-state index contributed by atoms with van der Waals surface area (Å²) in [6.07, 6.45) is 4.48. The molecule has 0 unspecified atom stereocenters. The van der Waals surface area contributed by atoms with E-state index in [1.807, 2.05) is 6.26 Å². The lowest BCUT2D eigenvalue weighted by Gasteiger charge is -2.22. The molecule has 2 nitrogen and oxygen atoms in total. The third-order valence-corrected chi connectivity index (χ3v) is 3.07. The van der Waals surface area contributed by atoms with Gasteiger partial charge in [0.2, 0.25) is 4.38 Å². The number of thiocarbonyl (C=S) groups is 1. The third kappa shape index (κ3) is 3.74. The van der Waals surface area contributed by atoms with Gasteiger partial charge in [-0.05, 0) is 37.9 Å². The van der Waals surface area contributed by atoms with Crippen molar-refractivity contribution in [3.63, 3.8) is 0 Å². The largest absolute Gasteiger partial charge is 0.478 e. The van der Waals surface area contributed by atoms with Crippen molar-refractivity contribution < 1.29 is 4.74 Å². The fourth-order valence-corrected chi connectivity index (χ4v) is 1.56. The van der Waals surface area contributed by atoms with Crippen LogP contribution in [0.1, 0.15) is 12.8 Å². The lowest BCUT2D eigenvalue weighted by atomic mass is 10.0. The van der Waals surface area contributed by atoms with Crippen LogP contribution in [-0.2, 0) is 4.74 Å². The summed E-state index contributed by atoms with van der Waals surface area (Å²) in [5.41, 5.74) is 0. The molecular formula is C8H15NOS2. The van der Waals surface area contributed by atoms with Gasteiger partial charge in [0.05, 0.1) is 6.61 Å². The van der Waals surface area contributed by atoms with Gasteiger partial charge in [0, 0.05) is 12.5 Å². The van der Waals surface area contributed by atoms with Gasteiger partial charge in [-0.3, -0.25) is 0 Å². The Labute approximate surface area is 83.4 Å². The van der Waals surface area contributed by atoms with Crippen molar-refractivity contribution in [3.8, 4) is 0 Å². The van der Waals surface area contributed by atoms with Crippen molar-refractivity contribution in [2.45, 2.75) is 12.8 Å². The highest BCUT2D eigenvalue weighted by atomic mass is 32.2. The molecule has 1 atom stereocenters. The normalized spacial score (nSPS) is 23.6. The second kappa shape index (κ2) is 5.78. The van der Waals surface area contributed by atoms with Gasteiger partial charge in [0.15, 0.2) is 0 Å². The van der Waals surface area contributed by atoms with Crippen LogP contribution in [-0.4, -0.2) is 30.3 Å². The van der Waals surface area contributed by atoms with Gasteiger partial charge >= 0.3 is 0 Å². The Morgan fingerprint density at radius 2 is 2.58 bits per heavy atom. The van der Waals surface area contributed by atoms with Gasteiger partial charge in [-0.1, -0.05) is 11.8 Å². The van der Waals surface area contributed by atoms with Crippen LogP contribution >= 0.6 is 24.0 Å². The Hall–Kier alpha value is 0.200. The van der Waals surface area contributed by atoms with Gasteiger partial charge in [0.25, 0.3) is 0 Å². The van der Waals surface area contributed by atoms with Crippen LogP contribution in [0.15, 0.2) is 0 Å². The summed E-state index contributed by atoms with van der Waals surface area (Å²) in [6.45, 7) is 3.02. The Balaban J connectivity index is 2.09. The molecule has 1 N–H and O–H groups in total. The van der Waals surface area contributed by atoms with E-state index >= 15 is 0 Å². The summed E-state index contributed by atoms with van der Waals surface area (Å²) in [6, 6.07) is 0. The van der Waals surface area contributed by atoms with Crippen molar-refractivity contribution >= 4 is 28.4 Å². The van der Waals surface area contributed by atoms with Crippen LogP contribution in [0.4, 0.5) is 0 Å². The first-order chi connectivity index (χ1) is 5.83. The van der Waals surface area contributed by atoms with E-state index in [9.17, 15) is 0 Å². The van der Waals surface area contributed by atoms with Crippen LogP contribution in [0.2, 0.25) is 0 Å². The average molecular weight is 205 g/mol. The van der Waals surface area contributed by atoms with Gasteiger partial charge in [-0.2, -0.15) is 0 Å². The topological polar surface area (TPSA) is 21.3 Å². The minimum absolute atomic E-state index is 0.656. The van der Waals surface area contributed by atoms with E-state index < -0.39 is 0 Å². The molecule has 1 rings (SSSR count). The highest BCUT2D eigenvalue weighted by Gasteiger charge is 2.13. The molecule has 4 heteroatoms. The van der Waals surface area contributed by atoms with Crippen molar-refractivity contribution in [2.24, 2.45) is 5.92 Å². The van der Waals surface area contributed by atoms with Gasteiger partial charge in [-0.15, -0.1) is 0 Å². The third-order valence-electron chi connectivity index (χ3n) is 2.00. The summed E-state index contributed by atoms with van der Waals surface area (Å²) in [7, 11) is 0. The highest BCUT2D eigenvalue weighted by Crippen LogP contribution is 2.11. The molecule has 0 amide bonds. The minimum atomic E-state index is 0.656. The Morgan fingerprint density at radius 3 is 3.17 bits per heavy atom. The molecule has 0 radical (unpaired) electrons. The minimum Gasteiger partial charge on any atom is -0.478 e. The van der Waals surface area contributed by atoms with Crippen LogP contribution in [0.25, 0.3) is 0 Å². The standard InChI is InChI=1S/C8H15NOS2/c1-12-8(11)10-6-7-3-2-4-9-5-7/h7,9H,2-6H2,1H3/t7-/m1/s1. The Morgan fingerprint density at radius 1 is 1.75 bits per heavy atom. The van der Waals surface area contributed by atoms with Crippen LogP contribution in [0, 0.1) is 5.92 Å². The number of thioether (sulfide) groups is 1. The lowest BCUT2D eigenvalue weighted by Crippen LogP contribution is -2.32. The monoisotopic (exact) mass is 205 g/mol. The molecule has 1 aliphatic rings. The van der Waals surface area contributed by atoms with Crippen LogP contribution < -0.4 is 5.32 Å². The molecule has 0 saturated carbocycles. The SMILES string of the molecule is CSC(=S)OC[C@@H]1CCCNC1. The molecule has 0 spiro atoms. The average Bonchev–Trinajstić information content (AvgIpc) is 2.16. The quantitative estimate of drug-likeness (QED) is 0.692. The maximum Gasteiger partial charge on any atom is 0.219 e. The van der Waals surface area contributed by atoms with Crippen molar-refractivity contribution in [2.75, 3.05) is 26.0 Å². The molecule has 0 aromatic carbocycles. The molecule has 1 heterocycles. The molecule has 1 saturated heterocycles. The van der Waals surface area contributed by atoms with Gasteiger partial charge in [-0.25, -0.2) is 0 Å². The predicted molar refractivity (Wildman–Crippen MR) is 57.7 cm³/mol. The van der Waals surface area contributed by atoms with E-state index in [0.29, 0.717) is 10.3 Å². The Kier molecular flexibility index (Phi) is 4.95. The second-order valence-electron chi connectivity index (χ2n) is 2.98. The summed E-state index contributed by atoms with van der Waals surface area (Å²) in [4.78, 5) is 0. The van der Waals surface area contributed by atoms with E-state index in [1.54, 1.807) is 0 Å². The molecule has 0 aromatic rings. The molecule has 0 aromatic heterocycles. The van der Waals surface area contributed by atoms with Crippen molar-refractivity contribution in [1.82, 2.24) is 5.32 Å². The lowest BCUT2D eigenvalue weighted by molar-refractivity contribution is 0.218. The van der Waals surface area contributed by atoms with E-state index in [1.165, 1.54) is 24.6 Å². The zero-order valence-electron chi connectivity index (χ0n) is 7.34. The second-order valence-corrected chi connectivity index (χ2v) is 4.39. The van der Waals surface area contributed by atoms with E-state index in [0.717, 1.165) is 19.7 Å². The molecule has 0 aliphatic carbocycles. The molecular weight excluding hydrogens is 190 g/mol. The van der Waals surface area contributed by atoms with Crippen molar-refractivity contribution in [1.29, 1.82) is 0 Å². The fraction of sp³-hybridized carbons (Fsp3) is 0.875. The summed E-state index contributed by atoms with van der Waals surface area (Å²) >= 11 is 6.45. The number of piperidine rings is 1.